The first-order valence-corrected chi connectivity index (χ1v) is 14.8. The number of hydrogen-bond acceptors (Lipinski definition) is 4. The highest BCUT2D eigenvalue weighted by Crippen LogP contribution is 2.41. The van der Waals surface area contributed by atoms with E-state index in [1.54, 1.807) is 6.07 Å². The second-order valence-electron chi connectivity index (χ2n) is 11.6. The van der Waals surface area contributed by atoms with E-state index in [4.69, 9.17) is 19.8 Å². The molecule has 1 saturated heterocycles. The molecule has 188 valence electrons. The number of fused-ring (bicyclic) bond motifs is 1. The Morgan fingerprint density at radius 2 is 1.51 bits per heavy atom. The number of carbonyl (C=O) groups is 1. The molecule has 0 spiro atoms. The standard InChI is InChI=1S/C28H40BNO4Si/c1-18(2)35(19(3)4,20(5)6)15-14-21-12-11-13-22-16-23(32-26(30)31)17-24(25(21)22)29-33-27(7,8)28(9,10)34-29/h11-13,16-20H,1-10H3,(H2,30,31). The van der Waals surface area contributed by atoms with Gasteiger partial charge in [-0.1, -0.05) is 59.6 Å². The molecule has 7 heteroatoms. The minimum atomic E-state index is -1.93. The molecule has 0 saturated carbocycles. The topological polar surface area (TPSA) is 70.8 Å². The van der Waals surface area contributed by atoms with E-state index in [1.807, 2.05) is 45.9 Å². The van der Waals surface area contributed by atoms with Gasteiger partial charge in [0.25, 0.3) is 0 Å². The lowest BCUT2D eigenvalue weighted by Crippen LogP contribution is -2.43. The van der Waals surface area contributed by atoms with E-state index in [9.17, 15) is 4.79 Å². The molecule has 1 aliphatic heterocycles. The van der Waals surface area contributed by atoms with Gasteiger partial charge < -0.3 is 19.8 Å². The summed E-state index contributed by atoms with van der Waals surface area (Å²) in [6.07, 6.45) is -0.859. The molecule has 1 fully saturated rings. The van der Waals surface area contributed by atoms with Crippen molar-refractivity contribution in [3.8, 4) is 17.2 Å². The second-order valence-corrected chi connectivity index (χ2v) is 17.2. The van der Waals surface area contributed by atoms with Gasteiger partial charge in [0.15, 0.2) is 0 Å². The summed E-state index contributed by atoms with van der Waals surface area (Å²) in [6.45, 7) is 22.0. The number of carbonyl (C=O) groups excluding carboxylic acids is 1. The molecule has 1 aliphatic rings. The number of benzene rings is 2. The number of nitrogens with two attached hydrogens (primary N) is 1. The molecule has 0 bridgehead atoms. The van der Waals surface area contributed by atoms with Gasteiger partial charge in [0.2, 0.25) is 0 Å². The van der Waals surface area contributed by atoms with Crippen molar-refractivity contribution in [3.05, 3.63) is 35.9 Å². The fourth-order valence-corrected chi connectivity index (χ4v) is 10.7. The molecule has 1 heterocycles. The Bertz CT molecular complexity index is 1140. The van der Waals surface area contributed by atoms with Crippen molar-refractivity contribution in [1.82, 2.24) is 0 Å². The first-order chi connectivity index (χ1) is 16.1. The quantitative estimate of drug-likeness (QED) is 0.400. The fourth-order valence-electron chi connectivity index (χ4n) is 5.48. The lowest BCUT2D eigenvalue weighted by Gasteiger charge is -2.38. The Kier molecular flexibility index (Phi) is 7.53. The van der Waals surface area contributed by atoms with E-state index in [0.29, 0.717) is 22.4 Å². The van der Waals surface area contributed by atoms with Crippen molar-refractivity contribution >= 4 is 37.5 Å². The van der Waals surface area contributed by atoms with Crippen molar-refractivity contribution in [2.45, 2.75) is 97.1 Å². The van der Waals surface area contributed by atoms with Gasteiger partial charge in [0, 0.05) is 5.56 Å². The van der Waals surface area contributed by atoms with Crippen LogP contribution in [0.15, 0.2) is 30.3 Å². The number of amides is 1. The molecule has 2 aromatic carbocycles. The van der Waals surface area contributed by atoms with Crippen LogP contribution < -0.4 is 15.9 Å². The van der Waals surface area contributed by atoms with E-state index < -0.39 is 32.5 Å². The van der Waals surface area contributed by atoms with E-state index >= 15 is 0 Å². The predicted molar refractivity (Wildman–Crippen MR) is 148 cm³/mol. The summed E-state index contributed by atoms with van der Waals surface area (Å²) in [4.78, 5) is 11.5. The Hall–Kier alpha value is -2.27. The smallest absolute Gasteiger partial charge is 0.411 e. The average molecular weight is 494 g/mol. The molecule has 2 aromatic rings. The fraction of sp³-hybridized carbons (Fsp3) is 0.536. The van der Waals surface area contributed by atoms with Crippen molar-refractivity contribution in [2.75, 3.05) is 0 Å². The molecule has 1 amide bonds. The zero-order chi connectivity index (χ0) is 26.3. The zero-order valence-electron chi connectivity index (χ0n) is 22.9. The van der Waals surface area contributed by atoms with Gasteiger partial charge in [-0.2, -0.15) is 0 Å². The van der Waals surface area contributed by atoms with Gasteiger partial charge in [-0.05, 0) is 78.8 Å². The summed E-state index contributed by atoms with van der Waals surface area (Å²) in [5.41, 5.74) is 11.4. The third kappa shape index (κ3) is 5.02. The summed E-state index contributed by atoms with van der Waals surface area (Å²) >= 11 is 0. The maximum atomic E-state index is 11.5. The summed E-state index contributed by atoms with van der Waals surface area (Å²) in [7, 11) is -2.57. The lowest BCUT2D eigenvalue weighted by atomic mass is 9.75. The number of hydrogen-bond donors (Lipinski definition) is 1. The molecule has 0 unspecified atom stereocenters. The summed E-state index contributed by atoms with van der Waals surface area (Å²) in [6, 6.07) is 9.63. The van der Waals surface area contributed by atoms with Crippen LogP contribution in [0.5, 0.6) is 5.75 Å². The van der Waals surface area contributed by atoms with Crippen LogP contribution in [-0.4, -0.2) is 32.5 Å². The Balaban J connectivity index is 2.28. The van der Waals surface area contributed by atoms with E-state index in [2.05, 4.69) is 59.1 Å². The van der Waals surface area contributed by atoms with Crippen molar-refractivity contribution < 1.29 is 18.8 Å². The molecule has 5 nitrogen and oxygen atoms in total. The third-order valence-corrected chi connectivity index (χ3v) is 14.3. The van der Waals surface area contributed by atoms with Gasteiger partial charge in [-0.15, -0.1) is 5.54 Å². The summed E-state index contributed by atoms with van der Waals surface area (Å²) in [5.74, 6) is 3.96. The van der Waals surface area contributed by atoms with Gasteiger partial charge in [-0.25, -0.2) is 4.79 Å². The highest BCUT2D eigenvalue weighted by molar-refractivity contribution is 6.90. The molecule has 0 radical (unpaired) electrons. The first-order valence-electron chi connectivity index (χ1n) is 12.5. The van der Waals surface area contributed by atoms with Gasteiger partial charge in [-0.3, -0.25) is 0 Å². The Morgan fingerprint density at radius 3 is 2.00 bits per heavy atom. The van der Waals surface area contributed by atoms with Crippen LogP contribution >= 0.6 is 0 Å². The molecular weight excluding hydrogens is 453 g/mol. The Morgan fingerprint density at radius 1 is 0.971 bits per heavy atom. The van der Waals surface area contributed by atoms with Crippen LogP contribution in [0.25, 0.3) is 10.8 Å². The number of rotatable bonds is 5. The number of primary amides is 1. The van der Waals surface area contributed by atoms with Gasteiger partial charge in [0.1, 0.15) is 13.8 Å². The SMILES string of the molecule is CC(C)[Si](C#Cc1cccc2cc(OC(N)=O)cc(B3OC(C)(C)C(C)(C)O3)c12)(C(C)C)C(C)C. The molecule has 0 atom stereocenters. The molecule has 3 rings (SSSR count). The average Bonchev–Trinajstić information content (AvgIpc) is 2.93. The van der Waals surface area contributed by atoms with Crippen LogP contribution in [0.1, 0.15) is 74.8 Å². The summed E-state index contributed by atoms with van der Waals surface area (Å²) < 4.78 is 18.1. The second kappa shape index (κ2) is 9.65. The monoisotopic (exact) mass is 493 g/mol. The Labute approximate surface area is 212 Å². The molecule has 2 N–H and O–H groups in total. The summed E-state index contributed by atoms with van der Waals surface area (Å²) in [5, 5.41) is 1.85. The zero-order valence-corrected chi connectivity index (χ0v) is 23.9. The van der Waals surface area contributed by atoms with Gasteiger partial charge in [0.05, 0.1) is 11.2 Å². The van der Waals surface area contributed by atoms with E-state index in [1.165, 1.54) is 0 Å². The van der Waals surface area contributed by atoms with Crippen LogP contribution in [0.3, 0.4) is 0 Å². The highest BCUT2D eigenvalue weighted by atomic mass is 28.3. The molecule has 0 aromatic heterocycles. The van der Waals surface area contributed by atoms with Crippen molar-refractivity contribution in [3.63, 3.8) is 0 Å². The van der Waals surface area contributed by atoms with Crippen LogP contribution in [0, 0.1) is 11.5 Å². The normalized spacial score (nSPS) is 17.2. The predicted octanol–water partition coefficient (Wildman–Crippen LogP) is 6.17. The molecule has 0 aliphatic carbocycles. The van der Waals surface area contributed by atoms with E-state index in [-0.39, 0.29) is 0 Å². The highest BCUT2D eigenvalue weighted by Gasteiger charge is 2.52. The van der Waals surface area contributed by atoms with Crippen LogP contribution in [0.4, 0.5) is 4.79 Å². The minimum Gasteiger partial charge on any atom is -0.411 e. The maximum absolute atomic E-state index is 11.5. The van der Waals surface area contributed by atoms with Crippen molar-refractivity contribution in [2.24, 2.45) is 5.73 Å². The van der Waals surface area contributed by atoms with Crippen LogP contribution in [0.2, 0.25) is 16.6 Å². The van der Waals surface area contributed by atoms with Gasteiger partial charge >= 0.3 is 13.2 Å². The number of ether oxygens (including phenoxy) is 1. The maximum Gasteiger partial charge on any atom is 0.495 e. The largest absolute Gasteiger partial charge is 0.495 e. The first kappa shape index (κ1) is 27.3. The molecular formula is C28H40BNO4Si. The molecule has 35 heavy (non-hydrogen) atoms. The van der Waals surface area contributed by atoms with Crippen LogP contribution in [-0.2, 0) is 9.31 Å². The third-order valence-electron chi connectivity index (χ3n) is 7.99. The van der Waals surface area contributed by atoms with Crippen molar-refractivity contribution in [1.29, 1.82) is 0 Å². The lowest BCUT2D eigenvalue weighted by molar-refractivity contribution is 0.00578. The van der Waals surface area contributed by atoms with E-state index in [0.717, 1.165) is 21.8 Å². The minimum absolute atomic E-state index is 0.357.